The summed E-state index contributed by atoms with van der Waals surface area (Å²) in [6, 6.07) is 25.9. The monoisotopic (exact) mass is 512 g/mol. The first-order valence-electron chi connectivity index (χ1n) is 8.93. The third-order valence-electron chi connectivity index (χ3n) is 4.20. The predicted octanol–water partition coefficient (Wildman–Crippen LogP) is 5.67. The molecule has 7 heteroatoms. The van der Waals surface area contributed by atoms with E-state index in [1.54, 1.807) is 10.9 Å². The highest BCUT2D eigenvalue weighted by atomic mass is 127. The van der Waals surface area contributed by atoms with Gasteiger partial charge in [-0.3, -0.25) is 0 Å². The Morgan fingerprint density at radius 1 is 1.00 bits per heavy atom. The molecule has 0 aliphatic heterocycles. The molecule has 0 radical (unpaired) electrons. The fourth-order valence-electron chi connectivity index (χ4n) is 2.69. The molecule has 0 amide bonds. The molecule has 1 N–H and O–H groups in total. The Kier molecular flexibility index (Phi) is 6.16. The van der Waals surface area contributed by atoms with Gasteiger partial charge in [0, 0.05) is 9.13 Å². The zero-order valence-electron chi connectivity index (χ0n) is 15.3. The summed E-state index contributed by atoms with van der Waals surface area (Å²) in [6.45, 7) is 0.537. The van der Waals surface area contributed by atoms with E-state index in [4.69, 9.17) is 17.0 Å². The number of hydrogen-bond donors (Lipinski definition) is 1. The molecule has 1 heterocycles. The van der Waals surface area contributed by atoms with Crippen molar-refractivity contribution >= 4 is 41.0 Å². The maximum atomic E-state index is 5.85. The van der Waals surface area contributed by atoms with Crippen LogP contribution in [0.1, 0.15) is 11.1 Å². The van der Waals surface area contributed by atoms with Crippen molar-refractivity contribution in [1.82, 2.24) is 14.9 Å². The van der Waals surface area contributed by atoms with Crippen LogP contribution in [0.2, 0.25) is 0 Å². The Hall–Kier alpha value is -2.78. The molecule has 3 aromatic carbocycles. The summed E-state index contributed by atoms with van der Waals surface area (Å²) in [5.41, 5.74) is 3.02. The molecule has 0 saturated heterocycles. The van der Waals surface area contributed by atoms with E-state index in [2.05, 4.69) is 62.2 Å². The number of ether oxygens (including phenoxy) is 1. The number of benzene rings is 3. The molecule has 1 aromatic heterocycles. The maximum Gasteiger partial charge on any atom is 0.216 e. The molecule has 0 aliphatic rings. The third kappa shape index (κ3) is 4.99. The van der Waals surface area contributed by atoms with Gasteiger partial charge in [0.2, 0.25) is 4.77 Å². The molecule has 29 heavy (non-hydrogen) atoms. The van der Waals surface area contributed by atoms with Crippen LogP contribution in [0, 0.1) is 8.34 Å². The summed E-state index contributed by atoms with van der Waals surface area (Å²) in [7, 11) is 0. The van der Waals surface area contributed by atoms with Gasteiger partial charge in [-0.25, -0.2) is 5.10 Å². The van der Waals surface area contributed by atoms with Crippen LogP contribution in [-0.4, -0.2) is 21.1 Å². The van der Waals surface area contributed by atoms with E-state index in [1.165, 1.54) is 3.57 Å². The van der Waals surface area contributed by atoms with Crippen molar-refractivity contribution in [3.8, 4) is 17.1 Å². The summed E-state index contributed by atoms with van der Waals surface area (Å²) in [4.78, 5) is 0. The van der Waals surface area contributed by atoms with E-state index in [1.807, 2.05) is 54.6 Å². The van der Waals surface area contributed by atoms with Gasteiger partial charge in [0.05, 0.1) is 6.21 Å². The summed E-state index contributed by atoms with van der Waals surface area (Å²) in [5.74, 6) is 1.48. The zero-order valence-corrected chi connectivity index (χ0v) is 18.3. The van der Waals surface area contributed by atoms with Gasteiger partial charge in [-0.1, -0.05) is 42.5 Å². The minimum Gasteiger partial charge on any atom is -0.489 e. The number of aromatic nitrogens is 3. The van der Waals surface area contributed by atoms with Crippen molar-refractivity contribution in [2.45, 2.75) is 6.61 Å². The molecule has 0 spiro atoms. The average Bonchev–Trinajstić information content (AvgIpc) is 3.13. The van der Waals surface area contributed by atoms with Crippen molar-refractivity contribution < 1.29 is 4.74 Å². The largest absolute Gasteiger partial charge is 0.489 e. The molecule has 144 valence electrons. The smallest absolute Gasteiger partial charge is 0.216 e. The molecule has 0 atom stereocenters. The third-order valence-corrected chi connectivity index (χ3v) is 5.19. The minimum atomic E-state index is 0.442. The predicted molar refractivity (Wildman–Crippen MR) is 126 cm³/mol. The van der Waals surface area contributed by atoms with Crippen LogP contribution in [0.15, 0.2) is 84.0 Å². The molecule has 0 saturated carbocycles. The highest BCUT2D eigenvalue weighted by Gasteiger charge is 2.07. The fraction of sp³-hybridized carbons (Fsp3) is 0.0455. The summed E-state index contributed by atoms with van der Waals surface area (Å²) >= 11 is 7.60. The van der Waals surface area contributed by atoms with Crippen LogP contribution in [0.25, 0.3) is 11.4 Å². The van der Waals surface area contributed by atoms with Crippen molar-refractivity contribution in [2.24, 2.45) is 5.10 Å². The Labute approximate surface area is 187 Å². The molecule has 4 rings (SSSR count). The lowest BCUT2D eigenvalue weighted by Gasteiger charge is -2.06. The average molecular weight is 512 g/mol. The number of nitrogens with one attached hydrogen (secondary N) is 1. The second-order valence-electron chi connectivity index (χ2n) is 6.26. The standard InChI is InChI=1S/C22H17IN4OS/c23-19-10-6-17(7-11-19)15-28-20-12-8-16(9-13-20)14-24-27-21(25-26-22(27)29)18-4-2-1-3-5-18/h1-14H,15H2,(H,26,29)/b24-14-. The van der Waals surface area contributed by atoms with Crippen molar-refractivity contribution in [3.63, 3.8) is 0 Å². The first-order valence-corrected chi connectivity index (χ1v) is 10.4. The van der Waals surface area contributed by atoms with Gasteiger partial charge in [0.1, 0.15) is 12.4 Å². The molecule has 0 aliphatic carbocycles. The maximum absolute atomic E-state index is 5.85. The number of halogens is 1. The van der Waals surface area contributed by atoms with Crippen LogP contribution in [0.3, 0.4) is 0 Å². The Morgan fingerprint density at radius 3 is 2.45 bits per heavy atom. The van der Waals surface area contributed by atoms with E-state index in [-0.39, 0.29) is 0 Å². The summed E-state index contributed by atoms with van der Waals surface area (Å²) < 4.78 is 9.12. The van der Waals surface area contributed by atoms with Gasteiger partial charge in [0.15, 0.2) is 5.82 Å². The number of hydrogen-bond acceptors (Lipinski definition) is 4. The number of rotatable bonds is 6. The molecule has 0 bridgehead atoms. The van der Waals surface area contributed by atoms with Crippen LogP contribution in [0.5, 0.6) is 5.75 Å². The van der Waals surface area contributed by atoms with Crippen molar-refractivity contribution in [3.05, 3.63) is 98.3 Å². The van der Waals surface area contributed by atoms with Gasteiger partial charge in [0.25, 0.3) is 0 Å². The SMILES string of the molecule is S=c1[nH]nc(-c2ccccc2)n1/N=C\c1ccc(OCc2ccc(I)cc2)cc1. The first-order chi connectivity index (χ1) is 14.2. The van der Waals surface area contributed by atoms with Crippen LogP contribution in [0.4, 0.5) is 0 Å². The minimum absolute atomic E-state index is 0.442. The normalized spacial score (nSPS) is 11.1. The van der Waals surface area contributed by atoms with E-state index in [9.17, 15) is 0 Å². The number of nitrogens with zero attached hydrogens (tertiary/aromatic N) is 3. The van der Waals surface area contributed by atoms with Gasteiger partial charge in [-0.2, -0.15) is 14.9 Å². The lowest BCUT2D eigenvalue weighted by atomic mass is 10.2. The van der Waals surface area contributed by atoms with E-state index in [0.29, 0.717) is 17.2 Å². The number of aromatic amines is 1. The van der Waals surface area contributed by atoms with Crippen LogP contribution < -0.4 is 4.74 Å². The summed E-state index contributed by atoms with van der Waals surface area (Å²) in [6.07, 6.45) is 1.75. The molecular formula is C22H17IN4OS. The highest BCUT2D eigenvalue weighted by Crippen LogP contribution is 2.17. The van der Waals surface area contributed by atoms with Gasteiger partial charge in [-0.15, -0.1) is 0 Å². The first kappa shape index (κ1) is 19.5. The van der Waals surface area contributed by atoms with E-state index >= 15 is 0 Å². The lowest BCUT2D eigenvalue weighted by molar-refractivity contribution is 0.306. The molecule has 5 nitrogen and oxygen atoms in total. The fourth-order valence-corrected chi connectivity index (χ4v) is 3.23. The van der Waals surface area contributed by atoms with E-state index in [0.717, 1.165) is 22.4 Å². The van der Waals surface area contributed by atoms with Crippen LogP contribution in [-0.2, 0) is 6.61 Å². The highest BCUT2D eigenvalue weighted by molar-refractivity contribution is 14.1. The molecule has 0 unspecified atom stereocenters. The zero-order chi connectivity index (χ0) is 20.1. The lowest BCUT2D eigenvalue weighted by Crippen LogP contribution is -1.96. The molecule has 0 fully saturated rings. The van der Waals surface area contributed by atoms with Gasteiger partial charge < -0.3 is 4.74 Å². The summed E-state index contributed by atoms with van der Waals surface area (Å²) in [5, 5.41) is 11.6. The van der Waals surface area contributed by atoms with E-state index < -0.39 is 0 Å². The second-order valence-corrected chi connectivity index (χ2v) is 7.89. The van der Waals surface area contributed by atoms with Crippen LogP contribution >= 0.6 is 34.8 Å². The Balaban J connectivity index is 1.45. The second kappa shape index (κ2) is 9.15. The number of H-pyrrole nitrogens is 1. The van der Waals surface area contributed by atoms with Gasteiger partial charge >= 0.3 is 0 Å². The topological polar surface area (TPSA) is 55.2 Å². The van der Waals surface area contributed by atoms with Crippen molar-refractivity contribution in [2.75, 3.05) is 0 Å². The molecular weight excluding hydrogens is 495 g/mol. The Morgan fingerprint density at radius 2 is 1.72 bits per heavy atom. The Bertz CT molecular complexity index is 1170. The quantitative estimate of drug-likeness (QED) is 0.206. The molecule has 4 aromatic rings. The van der Waals surface area contributed by atoms with Gasteiger partial charge in [-0.05, 0) is 82.3 Å². The van der Waals surface area contributed by atoms with Crippen molar-refractivity contribution in [1.29, 1.82) is 0 Å².